The minimum Gasteiger partial charge on any atom is -0.491 e. The molecule has 2 N–H and O–H groups in total. The number of aromatic carboxylic acids is 1. The highest BCUT2D eigenvalue weighted by Gasteiger charge is 2.22. The van der Waals surface area contributed by atoms with Gasteiger partial charge < -0.3 is 29.0 Å². The number of imidazole rings is 2. The normalized spacial score (nSPS) is 12.9. The van der Waals surface area contributed by atoms with Crippen LogP contribution in [0.25, 0.3) is 22.8 Å². The van der Waals surface area contributed by atoms with Crippen molar-refractivity contribution in [1.82, 2.24) is 24.4 Å². The lowest BCUT2D eigenvalue weighted by Gasteiger charge is -2.06. The lowest BCUT2D eigenvalue weighted by atomic mass is 10.2. The van der Waals surface area contributed by atoms with Gasteiger partial charge in [-0.25, -0.2) is 14.8 Å². The zero-order valence-electron chi connectivity index (χ0n) is 20.8. The van der Waals surface area contributed by atoms with E-state index in [9.17, 15) is 9.59 Å². The number of aromatic nitrogens is 4. The molecule has 2 aliphatic heterocycles. The molecular formula is C27H23Br2N5O5. The summed E-state index contributed by atoms with van der Waals surface area (Å²) in [7, 11) is 0. The van der Waals surface area contributed by atoms with Crippen LogP contribution in [0.5, 0.6) is 11.5 Å². The number of carbonyl (C=O) groups excluding carboxylic acids is 1. The first kappa shape index (κ1) is 26.7. The summed E-state index contributed by atoms with van der Waals surface area (Å²) < 4.78 is 17.0. The van der Waals surface area contributed by atoms with E-state index in [4.69, 9.17) is 14.6 Å². The van der Waals surface area contributed by atoms with Gasteiger partial charge in [0, 0.05) is 27.0 Å². The number of halogens is 2. The molecule has 0 spiro atoms. The Balaban J connectivity index is 0.000000160. The Kier molecular flexibility index (Phi) is 7.58. The molecule has 2 aromatic heterocycles. The summed E-state index contributed by atoms with van der Waals surface area (Å²) in [5.74, 6) is 1.58. The van der Waals surface area contributed by atoms with E-state index >= 15 is 0 Å². The molecule has 0 aliphatic carbocycles. The first-order valence-electron chi connectivity index (χ1n) is 11.9. The minimum atomic E-state index is -1.02. The largest absolute Gasteiger partial charge is 0.491 e. The summed E-state index contributed by atoms with van der Waals surface area (Å²) in [5, 5.41) is 11.7. The van der Waals surface area contributed by atoms with E-state index in [0.717, 1.165) is 31.6 Å². The number of amides is 1. The Morgan fingerprint density at radius 3 is 1.87 bits per heavy atom. The lowest BCUT2D eigenvalue weighted by molar-refractivity contribution is 0.0690. The van der Waals surface area contributed by atoms with E-state index in [-0.39, 0.29) is 11.6 Å². The lowest BCUT2D eigenvalue weighted by Crippen LogP contribution is -2.21. The molecule has 0 unspecified atom stereocenters. The van der Waals surface area contributed by atoms with Crippen LogP contribution in [-0.4, -0.2) is 49.3 Å². The molecule has 12 heteroatoms. The Labute approximate surface area is 240 Å². The van der Waals surface area contributed by atoms with Crippen molar-refractivity contribution in [3.63, 3.8) is 0 Å². The number of rotatable bonds is 3. The van der Waals surface area contributed by atoms with Crippen LogP contribution < -0.4 is 14.8 Å². The number of hydrogen-bond donors (Lipinski definition) is 2. The molecule has 0 radical (unpaired) electrons. The number of hydrogen-bond acceptors (Lipinski definition) is 6. The second kappa shape index (κ2) is 11.1. The van der Waals surface area contributed by atoms with E-state index in [1.807, 2.05) is 45.5 Å². The molecule has 2 aromatic carbocycles. The van der Waals surface area contributed by atoms with Crippen molar-refractivity contribution in [2.75, 3.05) is 13.2 Å². The molecule has 0 atom stereocenters. The van der Waals surface area contributed by atoms with Crippen LogP contribution in [-0.2, 0) is 13.1 Å². The zero-order chi connectivity index (χ0) is 27.7. The monoisotopic (exact) mass is 655 g/mol. The van der Waals surface area contributed by atoms with Gasteiger partial charge in [-0.3, -0.25) is 4.79 Å². The van der Waals surface area contributed by atoms with Crippen LogP contribution in [0.1, 0.15) is 27.9 Å². The number of allylic oxidation sites excluding steroid dienone is 1. The maximum absolute atomic E-state index is 12.0. The molecule has 0 saturated carbocycles. The van der Waals surface area contributed by atoms with Crippen molar-refractivity contribution in [3.05, 3.63) is 81.4 Å². The van der Waals surface area contributed by atoms with E-state index in [2.05, 4.69) is 53.7 Å². The third-order valence-electron chi connectivity index (χ3n) is 5.88. The molecule has 4 aromatic rings. The van der Waals surface area contributed by atoms with E-state index < -0.39 is 5.97 Å². The van der Waals surface area contributed by atoms with Crippen LogP contribution in [0.4, 0.5) is 0 Å². The number of fused-ring (bicyclic) bond motifs is 6. The fourth-order valence-electron chi connectivity index (χ4n) is 4.18. The number of carboxylic acid groups (broad SMARTS) is 1. The van der Waals surface area contributed by atoms with Gasteiger partial charge in [-0.2, -0.15) is 0 Å². The van der Waals surface area contributed by atoms with Crippen molar-refractivity contribution in [2.45, 2.75) is 20.0 Å². The summed E-state index contributed by atoms with van der Waals surface area (Å²) in [6, 6.07) is 11.4. The molecule has 0 fully saturated rings. The van der Waals surface area contributed by atoms with Crippen LogP contribution >= 0.6 is 31.9 Å². The summed E-state index contributed by atoms with van der Waals surface area (Å²) in [4.78, 5) is 31.6. The summed E-state index contributed by atoms with van der Waals surface area (Å²) >= 11 is 6.81. The van der Waals surface area contributed by atoms with E-state index in [1.165, 1.54) is 6.20 Å². The second-order valence-corrected chi connectivity index (χ2v) is 10.6. The first-order valence-corrected chi connectivity index (χ1v) is 13.5. The third-order valence-corrected chi connectivity index (χ3v) is 6.87. The van der Waals surface area contributed by atoms with Gasteiger partial charge in [-0.15, -0.1) is 0 Å². The van der Waals surface area contributed by atoms with Crippen molar-refractivity contribution in [2.24, 2.45) is 0 Å². The number of benzene rings is 2. The maximum atomic E-state index is 12.0. The predicted octanol–water partition coefficient (Wildman–Crippen LogP) is 5.37. The highest BCUT2D eigenvalue weighted by atomic mass is 79.9. The highest BCUT2D eigenvalue weighted by Crippen LogP contribution is 2.35. The van der Waals surface area contributed by atoms with Gasteiger partial charge >= 0.3 is 5.97 Å². The number of carbonyl (C=O) groups is 2. The summed E-state index contributed by atoms with van der Waals surface area (Å²) in [6.45, 7) is 7.67. The minimum absolute atomic E-state index is 0.0563. The molecule has 2 aliphatic rings. The standard InChI is InChI=1S/C15H14BrN3O2.C12H9BrN2O3/c1-9(2)17-15(20)12-8-19-5-6-21-13-7-10(16)3-4-11(13)14(19)18-12;13-7-1-2-8-10(5-7)18-4-3-15-6-9(12(16)17)14-11(8)15/h3-4,7-8H,1,5-6H2,2H3,(H,17,20);1-2,5-6H,3-4H2,(H,16,17). The fourth-order valence-corrected chi connectivity index (χ4v) is 4.86. The first-order chi connectivity index (χ1) is 18.7. The topological polar surface area (TPSA) is 120 Å². The molecule has 4 heterocycles. The Hall–Kier alpha value is -3.90. The van der Waals surface area contributed by atoms with E-state index in [0.29, 0.717) is 49.3 Å². The predicted molar refractivity (Wildman–Crippen MR) is 151 cm³/mol. The van der Waals surface area contributed by atoms with E-state index in [1.54, 1.807) is 13.1 Å². The second-order valence-electron chi connectivity index (χ2n) is 8.80. The number of carboxylic acids is 1. The molecule has 1 amide bonds. The Morgan fingerprint density at radius 2 is 1.38 bits per heavy atom. The molecule has 10 nitrogen and oxygen atoms in total. The quantitative estimate of drug-likeness (QED) is 0.304. The average molecular weight is 657 g/mol. The van der Waals surface area contributed by atoms with Crippen LogP contribution in [0.3, 0.4) is 0 Å². The molecular weight excluding hydrogens is 634 g/mol. The number of nitrogens with zero attached hydrogens (tertiary/aromatic N) is 4. The highest BCUT2D eigenvalue weighted by molar-refractivity contribution is 9.10. The fraction of sp³-hybridized carbons (Fsp3) is 0.185. The Morgan fingerprint density at radius 1 is 0.897 bits per heavy atom. The van der Waals surface area contributed by atoms with Gasteiger partial charge in [-0.1, -0.05) is 38.4 Å². The number of nitrogens with one attached hydrogen (secondary N) is 1. The van der Waals surface area contributed by atoms with Crippen molar-refractivity contribution >= 4 is 43.7 Å². The average Bonchev–Trinajstić information content (AvgIpc) is 3.41. The smallest absolute Gasteiger partial charge is 0.356 e. The van der Waals surface area contributed by atoms with Crippen molar-refractivity contribution in [3.8, 4) is 34.3 Å². The van der Waals surface area contributed by atoms with Gasteiger partial charge in [0.2, 0.25) is 0 Å². The molecule has 0 saturated heterocycles. The van der Waals surface area contributed by atoms with Gasteiger partial charge in [-0.05, 0) is 43.3 Å². The molecule has 6 rings (SSSR count). The Bertz CT molecular complexity index is 1610. The maximum Gasteiger partial charge on any atom is 0.356 e. The molecule has 39 heavy (non-hydrogen) atoms. The van der Waals surface area contributed by atoms with Gasteiger partial charge in [0.15, 0.2) is 5.69 Å². The number of ether oxygens (including phenoxy) is 2. The van der Waals surface area contributed by atoms with Crippen LogP contribution in [0.2, 0.25) is 0 Å². The van der Waals surface area contributed by atoms with Gasteiger partial charge in [0.1, 0.15) is 42.1 Å². The molecule has 0 bridgehead atoms. The zero-order valence-corrected chi connectivity index (χ0v) is 24.0. The summed E-state index contributed by atoms with van der Waals surface area (Å²) in [6.07, 6.45) is 3.28. The van der Waals surface area contributed by atoms with Gasteiger partial charge in [0.05, 0.1) is 24.2 Å². The van der Waals surface area contributed by atoms with Crippen molar-refractivity contribution < 1.29 is 24.2 Å². The van der Waals surface area contributed by atoms with Gasteiger partial charge in [0.25, 0.3) is 5.91 Å². The van der Waals surface area contributed by atoms with Crippen molar-refractivity contribution in [1.29, 1.82) is 0 Å². The van der Waals surface area contributed by atoms with Crippen LogP contribution in [0, 0.1) is 0 Å². The van der Waals surface area contributed by atoms with Crippen LogP contribution in [0.15, 0.2) is 70.0 Å². The molecule has 200 valence electrons. The summed E-state index contributed by atoms with van der Waals surface area (Å²) in [5.41, 5.74) is 2.72. The SMILES string of the molecule is C=C(C)NC(=O)c1cn2c(n1)-c1ccc(Br)cc1OCC2.O=C(O)c1cn2c(n1)-c1ccc(Br)cc1OCC2. The third kappa shape index (κ3) is 5.76.